The van der Waals surface area contributed by atoms with Crippen molar-refractivity contribution in [3.05, 3.63) is 82.9 Å². The number of H-pyrrole nitrogens is 1. The quantitative estimate of drug-likeness (QED) is 0.378. The third-order valence-electron chi connectivity index (χ3n) is 5.08. The lowest BCUT2D eigenvalue weighted by Crippen LogP contribution is -2.04. The van der Waals surface area contributed by atoms with Crippen molar-refractivity contribution < 1.29 is 4.74 Å². The number of halogens is 1. The first kappa shape index (κ1) is 20.9. The minimum atomic E-state index is 0.316. The lowest BCUT2D eigenvalue weighted by atomic mass is 9.96. The van der Waals surface area contributed by atoms with Crippen molar-refractivity contribution in [2.75, 3.05) is 12.4 Å². The van der Waals surface area contributed by atoms with Gasteiger partial charge in [0.05, 0.1) is 12.7 Å². The van der Waals surface area contributed by atoms with Gasteiger partial charge in [-0.15, -0.1) is 0 Å². The van der Waals surface area contributed by atoms with E-state index in [2.05, 4.69) is 44.3 Å². The molecule has 1 atom stereocenters. The van der Waals surface area contributed by atoms with E-state index in [1.807, 2.05) is 43.3 Å². The molecule has 0 aliphatic carbocycles. The molecule has 0 saturated carbocycles. The number of aryl methyl sites for hydroxylation is 1. The standard InChI is InChI=1S/C24H24ClN5O/c1-15(17-4-6-18(25)7-5-17)12-20-10-11-26-24(30-20)29-19-8-9-21(22(13-19)31-3)23-27-14-16(2)28-23/h4-11,13-15H,12H2,1-3H3,(H,27,28)(H,26,29,30). The van der Waals surface area contributed by atoms with E-state index in [1.165, 1.54) is 5.56 Å². The van der Waals surface area contributed by atoms with Gasteiger partial charge in [-0.3, -0.25) is 0 Å². The number of aromatic nitrogens is 4. The van der Waals surface area contributed by atoms with Crippen LogP contribution in [0, 0.1) is 6.92 Å². The van der Waals surface area contributed by atoms with Crippen LogP contribution in [0.2, 0.25) is 5.02 Å². The van der Waals surface area contributed by atoms with Crippen LogP contribution in [0.4, 0.5) is 11.6 Å². The number of nitrogens with one attached hydrogen (secondary N) is 2. The van der Waals surface area contributed by atoms with Gasteiger partial charge in [-0.25, -0.2) is 15.0 Å². The van der Waals surface area contributed by atoms with Gasteiger partial charge < -0.3 is 15.0 Å². The molecule has 158 valence electrons. The van der Waals surface area contributed by atoms with E-state index in [1.54, 1.807) is 19.5 Å². The van der Waals surface area contributed by atoms with E-state index in [4.69, 9.17) is 16.3 Å². The van der Waals surface area contributed by atoms with Crippen LogP contribution >= 0.6 is 11.6 Å². The van der Waals surface area contributed by atoms with Gasteiger partial charge in [0.2, 0.25) is 5.95 Å². The summed E-state index contributed by atoms with van der Waals surface area (Å²) in [5, 5.41) is 4.02. The number of benzene rings is 2. The van der Waals surface area contributed by atoms with E-state index < -0.39 is 0 Å². The molecule has 0 aliphatic rings. The summed E-state index contributed by atoms with van der Waals surface area (Å²) >= 11 is 6.00. The lowest BCUT2D eigenvalue weighted by molar-refractivity contribution is 0.416. The molecule has 0 radical (unpaired) electrons. The third kappa shape index (κ3) is 5.03. The Morgan fingerprint density at radius 2 is 1.90 bits per heavy atom. The smallest absolute Gasteiger partial charge is 0.227 e. The molecule has 0 aliphatic heterocycles. The van der Waals surface area contributed by atoms with Gasteiger partial charge in [-0.1, -0.05) is 30.7 Å². The molecule has 0 saturated heterocycles. The average molecular weight is 434 g/mol. The van der Waals surface area contributed by atoms with Crippen LogP contribution in [-0.2, 0) is 6.42 Å². The summed E-state index contributed by atoms with van der Waals surface area (Å²) in [6.45, 7) is 4.15. The highest BCUT2D eigenvalue weighted by Gasteiger charge is 2.12. The lowest BCUT2D eigenvalue weighted by Gasteiger charge is -2.13. The Labute approximate surface area is 186 Å². The van der Waals surface area contributed by atoms with Crippen LogP contribution in [0.15, 0.2) is 60.9 Å². The van der Waals surface area contributed by atoms with Crippen molar-refractivity contribution in [2.45, 2.75) is 26.2 Å². The minimum Gasteiger partial charge on any atom is -0.496 e. The van der Waals surface area contributed by atoms with Gasteiger partial charge in [-0.2, -0.15) is 0 Å². The van der Waals surface area contributed by atoms with Crippen molar-refractivity contribution in [2.24, 2.45) is 0 Å². The molecule has 7 heteroatoms. The maximum atomic E-state index is 6.00. The predicted molar refractivity (Wildman–Crippen MR) is 124 cm³/mol. The van der Waals surface area contributed by atoms with Crippen molar-refractivity contribution in [1.29, 1.82) is 0 Å². The van der Waals surface area contributed by atoms with E-state index in [-0.39, 0.29) is 0 Å². The Bertz CT molecular complexity index is 1170. The van der Waals surface area contributed by atoms with Gasteiger partial charge in [0.15, 0.2) is 0 Å². The minimum absolute atomic E-state index is 0.316. The monoisotopic (exact) mass is 433 g/mol. The van der Waals surface area contributed by atoms with Gasteiger partial charge in [-0.05, 0) is 55.2 Å². The molecular weight excluding hydrogens is 410 g/mol. The molecule has 2 heterocycles. The van der Waals surface area contributed by atoms with Crippen LogP contribution < -0.4 is 10.1 Å². The van der Waals surface area contributed by atoms with E-state index in [0.717, 1.165) is 39.9 Å². The molecule has 4 rings (SSSR count). The zero-order chi connectivity index (χ0) is 21.8. The summed E-state index contributed by atoms with van der Waals surface area (Å²) in [6, 6.07) is 15.7. The molecule has 0 bridgehead atoms. The number of ether oxygens (including phenoxy) is 1. The van der Waals surface area contributed by atoms with Crippen LogP contribution in [0.3, 0.4) is 0 Å². The zero-order valence-corrected chi connectivity index (χ0v) is 18.4. The first-order valence-corrected chi connectivity index (χ1v) is 10.4. The largest absolute Gasteiger partial charge is 0.496 e. The second kappa shape index (κ2) is 9.18. The number of hydrogen-bond donors (Lipinski definition) is 2. The molecular formula is C24H24ClN5O. The molecule has 2 N–H and O–H groups in total. The number of nitrogens with zero attached hydrogens (tertiary/aromatic N) is 3. The Morgan fingerprint density at radius 3 is 2.61 bits per heavy atom. The molecule has 31 heavy (non-hydrogen) atoms. The highest BCUT2D eigenvalue weighted by Crippen LogP contribution is 2.31. The SMILES string of the molecule is COc1cc(Nc2nccc(CC(C)c3ccc(Cl)cc3)n2)ccc1-c1ncc(C)[nH]1. The Hall–Kier alpha value is -3.38. The molecule has 2 aromatic heterocycles. The van der Waals surface area contributed by atoms with Crippen LogP contribution in [0.1, 0.15) is 29.8 Å². The fourth-order valence-electron chi connectivity index (χ4n) is 3.44. The zero-order valence-electron chi connectivity index (χ0n) is 17.7. The molecule has 0 amide bonds. The van der Waals surface area contributed by atoms with Crippen molar-refractivity contribution in [1.82, 2.24) is 19.9 Å². The highest BCUT2D eigenvalue weighted by molar-refractivity contribution is 6.30. The maximum Gasteiger partial charge on any atom is 0.227 e. The van der Waals surface area contributed by atoms with E-state index in [0.29, 0.717) is 17.6 Å². The van der Waals surface area contributed by atoms with Crippen LogP contribution in [-0.4, -0.2) is 27.0 Å². The van der Waals surface area contributed by atoms with Gasteiger partial charge in [0, 0.05) is 40.6 Å². The number of rotatable bonds is 7. The molecule has 1 unspecified atom stereocenters. The molecule has 0 fully saturated rings. The van der Waals surface area contributed by atoms with Crippen molar-refractivity contribution >= 4 is 23.2 Å². The molecule has 0 spiro atoms. The van der Waals surface area contributed by atoms with E-state index >= 15 is 0 Å². The summed E-state index contributed by atoms with van der Waals surface area (Å²) in [7, 11) is 1.65. The van der Waals surface area contributed by atoms with Crippen LogP contribution in [0.25, 0.3) is 11.4 Å². The van der Waals surface area contributed by atoms with Gasteiger partial charge in [0.1, 0.15) is 11.6 Å². The fraction of sp³-hybridized carbons (Fsp3) is 0.208. The van der Waals surface area contributed by atoms with E-state index in [9.17, 15) is 0 Å². The summed E-state index contributed by atoms with van der Waals surface area (Å²) in [4.78, 5) is 16.7. The fourth-order valence-corrected chi connectivity index (χ4v) is 3.56. The Morgan fingerprint density at radius 1 is 1.10 bits per heavy atom. The topological polar surface area (TPSA) is 75.7 Å². The Balaban J connectivity index is 1.50. The number of methoxy groups -OCH3 is 1. The second-order valence-electron chi connectivity index (χ2n) is 7.48. The average Bonchev–Trinajstić information content (AvgIpc) is 3.20. The normalized spacial score (nSPS) is 11.9. The molecule has 4 aromatic rings. The summed E-state index contributed by atoms with van der Waals surface area (Å²) in [5.41, 5.74) is 4.93. The second-order valence-corrected chi connectivity index (χ2v) is 7.92. The first-order valence-electron chi connectivity index (χ1n) is 10.1. The summed E-state index contributed by atoms with van der Waals surface area (Å²) < 4.78 is 5.57. The number of anilines is 2. The van der Waals surface area contributed by atoms with Gasteiger partial charge >= 0.3 is 0 Å². The third-order valence-corrected chi connectivity index (χ3v) is 5.34. The van der Waals surface area contributed by atoms with Crippen molar-refractivity contribution in [3.8, 4) is 17.1 Å². The maximum absolute atomic E-state index is 6.00. The number of hydrogen-bond acceptors (Lipinski definition) is 5. The van der Waals surface area contributed by atoms with Crippen molar-refractivity contribution in [3.63, 3.8) is 0 Å². The summed E-state index contributed by atoms with van der Waals surface area (Å²) in [5.74, 6) is 2.35. The summed E-state index contributed by atoms with van der Waals surface area (Å²) in [6.07, 6.45) is 4.38. The highest BCUT2D eigenvalue weighted by atomic mass is 35.5. The van der Waals surface area contributed by atoms with Gasteiger partial charge in [0.25, 0.3) is 0 Å². The molecule has 6 nitrogen and oxygen atoms in total. The number of aromatic amines is 1. The number of imidazole rings is 1. The Kier molecular flexibility index (Phi) is 6.18. The molecule has 2 aromatic carbocycles. The van der Waals surface area contributed by atoms with Crippen LogP contribution in [0.5, 0.6) is 5.75 Å². The first-order chi connectivity index (χ1) is 15.0. The predicted octanol–water partition coefficient (Wildman–Crippen LogP) is 5.93.